The molecule has 0 aromatic rings. The van der Waals surface area contributed by atoms with Crippen LogP contribution in [-0.2, 0) is 0 Å². The summed E-state index contributed by atoms with van der Waals surface area (Å²) < 4.78 is 0.913. The maximum Gasteiger partial charge on any atom is 0.0249 e. The predicted molar refractivity (Wildman–Crippen MR) is 53.7 cm³/mol. The normalized spacial score (nSPS) is 28.2. The van der Waals surface area contributed by atoms with E-state index in [1.165, 1.54) is 26.1 Å². The highest BCUT2D eigenvalue weighted by atomic mass is 127. The van der Waals surface area contributed by atoms with Crippen molar-refractivity contribution in [2.75, 3.05) is 19.6 Å². The lowest BCUT2D eigenvalue weighted by molar-refractivity contribution is 0.300. The van der Waals surface area contributed by atoms with Gasteiger partial charge in [-0.05, 0) is 18.9 Å². The topological polar surface area (TPSA) is 3.24 Å². The third-order valence-corrected chi connectivity index (χ3v) is 2.85. The van der Waals surface area contributed by atoms with Crippen molar-refractivity contribution < 1.29 is 0 Å². The number of alkyl halides is 1. The molecule has 0 saturated carbocycles. The van der Waals surface area contributed by atoms with Crippen molar-refractivity contribution in [3.63, 3.8) is 0 Å². The van der Waals surface area contributed by atoms with Gasteiger partial charge in [-0.1, -0.05) is 36.4 Å². The molecule has 0 aromatic carbocycles. The maximum absolute atomic E-state index is 2.57. The first-order valence-corrected chi connectivity index (χ1v) is 5.29. The standard InChI is InChI=1S/C8H16IN/c1-7(2)5-10-4-3-8(9)6-10/h7-8H,3-6H2,1-2H3/t8-/m1/s1. The van der Waals surface area contributed by atoms with Crippen LogP contribution in [-0.4, -0.2) is 28.5 Å². The zero-order valence-corrected chi connectivity index (χ0v) is 8.97. The molecule has 1 nitrogen and oxygen atoms in total. The molecule has 10 heavy (non-hydrogen) atoms. The molecule has 0 spiro atoms. The van der Waals surface area contributed by atoms with Crippen molar-refractivity contribution in [1.82, 2.24) is 4.90 Å². The summed E-state index contributed by atoms with van der Waals surface area (Å²) in [6, 6.07) is 0. The lowest BCUT2D eigenvalue weighted by Gasteiger charge is -2.16. The Balaban J connectivity index is 2.18. The Morgan fingerprint density at radius 1 is 1.60 bits per heavy atom. The van der Waals surface area contributed by atoms with Gasteiger partial charge in [-0.3, -0.25) is 0 Å². The largest absolute Gasteiger partial charge is 0.302 e. The summed E-state index contributed by atoms with van der Waals surface area (Å²) in [5.74, 6) is 0.835. The van der Waals surface area contributed by atoms with Crippen LogP contribution in [0.2, 0.25) is 0 Å². The Morgan fingerprint density at radius 2 is 2.30 bits per heavy atom. The first kappa shape index (κ1) is 8.78. The molecule has 1 rings (SSSR count). The molecule has 1 aliphatic rings. The second-order valence-electron chi connectivity index (χ2n) is 3.54. The van der Waals surface area contributed by atoms with Gasteiger partial charge in [0.1, 0.15) is 0 Å². The highest BCUT2D eigenvalue weighted by Crippen LogP contribution is 2.17. The highest BCUT2D eigenvalue weighted by molar-refractivity contribution is 14.1. The van der Waals surface area contributed by atoms with Crippen LogP contribution in [0, 0.1) is 5.92 Å². The highest BCUT2D eigenvalue weighted by Gasteiger charge is 2.19. The van der Waals surface area contributed by atoms with Crippen molar-refractivity contribution >= 4 is 22.6 Å². The van der Waals surface area contributed by atoms with E-state index in [4.69, 9.17) is 0 Å². The second-order valence-corrected chi connectivity index (χ2v) is 5.30. The van der Waals surface area contributed by atoms with E-state index in [1.54, 1.807) is 0 Å². The van der Waals surface area contributed by atoms with Gasteiger partial charge in [-0.2, -0.15) is 0 Å². The minimum atomic E-state index is 0.835. The zero-order chi connectivity index (χ0) is 7.56. The molecule has 0 aliphatic carbocycles. The van der Waals surface area contributed by atoms with Crippen LogP contribution in [0.5, 0.6) is 0 Å². The molecule has 0 amide bonds. The smallest absolute Gasteiger partial charge is 0.0249 e. The fourth-order valence-corrected chi connectivity index (χ4v) is 2.30. The number of hydrogen-bond acceptors (Lipinski definition) is 1. The minimum absolute atomic E-state index is 0.835. The second kappa shape index (κ2) is 3.90. The van der Waals surface area contributed by atoms with Crippen molar-refractivity contribution in [3.05, 3.63) is 0 Å². The van der Waals surface area contributed by atoms with Gasteiger partial charge in [0.25, 0.3) is 0 Å². The molecule has 0 radical (unpaired) electrons. The molecule has 0 aromatic heterocycles. The fourth-order valence-electron chi connectivity index (χ4n) is 1.47. The van der Waals surface area contributed by atoms with Crippen molar-refractivity contribution in [2.45, 2.75) is 24.2 Å². The molecule has 60 valence electrons. The van der Waals surface area contributed by atoms with Crippen molar-refractivity contribution in [3.8, 4) is 0 Å². The van der Waals surface area contributed by atoms with Gasteiger partial charge >= 0.3 is 0 Å². The summed E-state index contributed by atoms with van der Waals surface area (Å²) in [4.78, 5) is 2.57. The summed E-state index contributed by atoms with van der Waals surface area (Å²) in [7, 11) is 0. The van der Waals surface area contributed by atoms with Crippen LogP contribution < -0.4 is 0 Å². The molecule has 0 bridgehead atoms. The van der Waals surface area contributed by atoms with Crippen LogP contribution in [0.4, 0.5) is 0 Å². The first-order chi connectivity index (χ1) is 4.68. The van der Waals surface area contributed by atoms with E-state index in [-0.39, 0.29) is 0 Å². The SMILES string of the molecule is CC(C)CN1CC[C@@H](I)C1. The molecule has 0 unspecified atom stereocenters. The molecule has 1 atom stereocenters. The lowest BCUT2D eigenvalue weighted by atomic mass is 10.2. The Labute approximate surface area is 77.3 Å². The maximum atomic E-state index is 2.57. The Bertz CT molecular complexity index is 103. The van der Waals surface area contributed by atoms with Gasteiger partial charge < -0.3 is 4.90 Å². The van der Waals surface area contributed by atoms with Crippen molar-refractivity contribution in [2.24, 2.45) is 5.92 Å². The van der Waals surface area contributed by atoms with Crippen molar-refractivity contribution in [1.29, 1.82) is 0 Å². The molecule has 1 fully saturated rings. The third kappa shape index (κ3) is 2.74. The summed E-state index contributed by atoms with van der Waals surface area (Å²) >= 11 is 2.55. The van der Waals surface area contributed by atoms with Crippen LogP contribution in [0.25, 0.3) is 0 Å². The molecule has 1 heterocycles. The first-order valence-electron chi connectivity index (χ1n) is 4.05. The lowest BCUT2D eigenvalue weighted by Crippen LogP contribution is -2.25. The van der Waals surface area contributed by atoms with Gasteiger partial charge in [0.2, 0.25) is 0 Å². The monoisotopic (exact) mass is 253 g/mol. The average molecular weight is 253 g/mol. The van der Waals surface area contributed by atoms with E-state index in [2.05, 4.69) is 41.3 Å². The minimum Gasteiger partial charge on any atom is -0.302 e. The van der Waals surface area contributed by atoms with Gasteiger partial charge in [0, 0.05) is 17.0 Å². The summed E-state index contributed by atoms with van der Waals surface area (Å²) in [5, 5.41) is 0. The van der Waals surface area contributed by atoms with Crippen LogP contribution in [0.3, 0.4) is 0 Å². The molecule has 1 aliphatic heterocycles. The van der Waals surface area contributed by atoms with Gasteiger partial charge in [0.05, 0.1) is 0 Å². The van der Waals surface area contributed by atoms with E-state index in [9.17, 15) is 0 Å². The average Bonchev–Trinajstić information content (AvgIpc) is 2.13. The number of hydrogen-bond donors (Lipinski definition) is 0. The van der Waals surface area contributed by atoms with E-state index < -0.39 is 0 Å². The molecular weight excluding hydrogens is 237 g/mol. The number of likely N-dealkylation sites (tertiary alicyclic amines) is 1. The zero-order valence-electron chi connectivity index (χ0n) is 6.81. The van der Waals surface area contributed by atoms with E-state index in [0.29, 0.717) is 0 Å². The van der Waals surface area contributed by atoms with E-state index >= 15 is 0 Å². The van der Waals surface area contributed by atoms with Crippen LogP contribution >= 0.6 is 22.6 Å². The summed E-state index contributed by atoms with van der Waals surface area (Å²) in [6.45, 7) is 8.52. The number of nitrogens with zero attached hydrogens (tertiary/aromatic N) is 1. The molecule has 1 saturated heterocycles. The molecular formula is C8H16IN. The number of rotatable bonds is 2. The van der Waals surface area contributed by atoms with Gasteiger partial charge in [0.15, 0.2) is 0 Å². The van der Waals surface area contributed by atoms with E-state index in [0.717, 1.165) is 9.84 Å². The summed E-state index contributed by atoms with van der Waals surface area (Å²) in [5.41, 5.74) is 0. The third-order valence-electron chi connectivity index (χ3n) is 1.84. The molecule has 2 heteroatoms. The Hall–Kier alpha value is 0.690. The fraction of sp³-hybridized carbons (Fsp3) is 1.00. The van der Waals surface area contributed by atoms with Gasteiger partial charge in [-0.15, -0.1) is 0 Å². The van der Waals surface area contributed by atoms with Gasteiger partial charge in [-0.25, -0.2) is 0 Å². The van der Waals surface area contributed by atoms with E-state index in [1.807, 2.05) is 0 Å². The van der Waals surface area contributed by atoms with Crippen LogP contribution in [0.1, 0.15) is 20.3 Å². The van der Waals surface area contributed by atoms with Crippen LogP contribution in [0.15, 0.2) is 0 Å². The summed E-state index contributed by atoms with van der Waals surface area (Å²) in [6.07, 6.45) is 1.40. The molecule has 0 N–H and O–H groups in total. The number of halogens is 1. The Kier molecular flexibility index (Phi) is 3.43. The Morgan fingerprint density at radius 3 is 2.70 bits per heavy atom. The predicted octanol–water partition coefficient (Wildman–Crippen LogP) is 2.15. The quantitative estimate of drug-likeness (QED) is 0.538.